The molecular weight excluding hydrogens is 188 g/mol. The number of benzene rings is 1. The predicted molar refractivity (Wildman–Crippen MR) is 62.5 cm³/mol. The van der Waals surface area contributed by atoms with Crippen LogP contribution >= 0.6 is 0 Å². The number of para-hydroxylation sites is 1. The lowest BCUT2D eigenvalue weighted by molar-refractivity contribution is 0.342. The molecule has 0 bridgehead atoms. The highest BCUT2D eigenvalue weighted by Gasteiger charge is 2.23. The highest BCUT2D eigenvalue weighted by molar-refractivity contribution is 5.66. The monoisotopic (exact) mass is 206 g/mol. The van der Waals surface area contributed by atoms with Crippen LogP contribution in [0.3, 0.4) is 0 Å². The zero-order valence-electron chi connectivity index (χ0n) is 9.12. The third-order valence-electron chi connectivity index (χ3n) is 2.84. The van der Waals surface area contributed by atoms with E-state index in [1.165, 1.54) is 5.56 Å². The molecule has 0 fully saturated rings. The van der Waals surface area contributed by atoms with E-state index in [-0.39, 0.29) is 0 Å². The van der Waals surface area contributed by atoms with Gasteiger partial charge in [0.1, 0.15) is 5.75 Å². The fraction of sp³-hybridized carbons (Fsp3) is 0.500. The first-order valence-corrected chi connectivity index (χ1v) is 5.56. The molecule has 3 nitrogen and oxygen atoms in total. The minimum absolute atomic E-state index is 0.547. The SMILES string of the molecule is CCOc1cccc2c1NCC2CCN. The Morgan fingerprint density at radius 1 is 1.53 bits per heavy atom. The van der Waals surface area contributed by atoms with Crippen molar-refractivity contribution in [2.75, 3.05) is 25.0 Å². The van der Waals surface area contributed by atoms with Gasteiger partial charge in [0.15, 0.2) is 0 Å². The molecule has 0 saturated carbocycles. The van der Waals surface area contributed by atoms with Crippen molar-refractivity contribution in [2.24, 2.45) is 5.73 Å². The van der Waals surface area contributed by atoms with Crippen LogP contribution in [0.4, 0.5) is 5.69 Å². The number of ether oxygens (including phenoxy) is 1. The molecule has 1 aliphatic rings. The summed E-state index contributed by atoms with van der Waals surface area (Å²) in [5, 5.41) is 3.41. The van der Waals surface area contributed by atoms with Crippen molar-refractivity contribution in [1.29, 1.82) is 0 Å². The molecule has 0 amide bonds. The van der Waals surface area contributed by atoms with Gasteiger partial charge < -0.3 is 15.8 Å². The number of anilines is 1. The molecule has 0 spiro atoms. The summed E-state index contributed by atoms with van der Waals surface area (Å²) >= 11 is 0. The number of hydrogen-bond donors (Lipinski definition) is 2. The quantitative estimate of drug-likeness (QED) is 0.791. The minimum atomic E-state index is 0.547. The zero-order chi connectivity index (χ0) is 10.7. The Hall–Kier alpha value is -1.22. The molecule has 82 valence electrons. The summed E-state index contributed by atoms with van der Waals surface area (Å²) in [4.78, 5) is 0. The van der Waals surface area contributed by atoms with Crippen molar-refractivity contribution >= 4 is 5.69 Å². The number of fused-ring (bicyclic) bond motifs is 1. The molecule has 1 aliphatic heterocycles. The second kappa shape index (κ2) is 4.53. The number of nitrogens with one attached hydrogen (secondary N) is 1. The summed E-state index contributed by atoms with van der Waals surface area (Å²) in [5.74, 6) is 1.51. The van der Waals surface area contributed by atoms with E-state index in [1.807, 2.05) is 13.0 Å². The maximum absolute atomic E-state index is 5.60. The lowest BCUT2D eigenvalue weighted by atomic mass is 9.98. The fourth-order valence-corrected chi connectivity index (χ4v) is 2.15. The van der Waals surface area contributed by atoms with Gasteiger partial charge in [0.25, 0.3) is 0 Å². The molecule has 1 atom stereocenters. The van der Waals surface area contributed by atoms with E-state index >= 15 is 0 Å². The van der Waals surface area contributed by atoms with Crippen LogP contribution in [-0.4, -0.2) is 19.7 Å². The third kappa shape index (κ3) is 1.92. The molecular formula is C12H18N2O. The van der Waals surface area contributed by atoms with Gasteiger partial charge in [0.05, 0.1) is 12.3 Å². The lowest BCUT2D eigenvalue weighted by Gasteiger charge is -2.10. The van der Waals surface area contributed by atoms with Crippen molar-refractivity contribution in [3.05, 3.63) is 23.8 Å². The Morgan fingerprint density at radius 2 is 2.40 bits per heavy atom. The Labute approximate surface area is 90.6 Å². The van der Waals surface area contributed by atoms with Crippen molar-refractivity contribution < 1.29 is 4.74 Å². The second-order valence-corrected chi connectivity index (χ2v) is 3.81. The number of hydrogen-bond acceptors (Lipinski definition) is 3. The highest BCUT2D eigenvalue weighted by atomic mass is 16.5. The smallest absolute Gasteiger partial charge is 0.142 e. The van der Waals surface area contributed by atoms with Gasteiger partial charge in [-0.25, -0.2) is 0 Å². The van der Waals surface area contributed by atoms with Crippen molar-refractivity contribution in [1.82, 2.24) is 0 Å². The Morgan fingerprint density at radius 3 is 3.13 bits per heavy atom. The van der Waals surface area contributed by atoms with Gasteiger partial charge in [-0.3, -0.25) is 0 Å². The van der Waals surface area contributed by atoms with Crippen LogP contribution in [0.1, 0.15) is 24.8 Å². The highest BCUT2D eigenvalue weighted by Crippen LogP contribution is 2.39. The molecule has 0 aliphatic carbocycles. The molecule has 3 N–H and O–H groups in total. The van der Waals surface area contributed by atoms with Crippen molar-refractivity contribution in [3.63, 3.8) is 0 Å². The third-order valence-corrected chi connectivity index (χ3v) is 2.84. The molecule has 0 radical (unpaired) electrons. The standard InChI is InChI=1S/C12H18N2O/c1-2-15-11-5-3-4-10-9(6-7-13)8-14-12(10)11/h3-5,9,14H,2,6-8,13H2,1H3. The lowest BCUT2D eigenvalue weighted by Crippen LogP contribution is -2.08. The van der Waals surface area contributed by atoms with Crippen LogP contribution in [0.5, 0.6) is 5.75 Å². The van der Waals surface area contributed by atoms with Gasteiger partial charge in [-0.05, 0) is 31.5 Å². The van der Waals surface area contributed by atoms with E-state index < -0.39 is 0 Å². The van der Waals surface area contributed by atoms with E-state index in [4.69, 9.17) is 10.5 Å². The van der Waals surface area contributed by atoms with Crippen LogP contribution in [0, 0.1) is 0 Å². The number of rotatable bonds is 4. The Balaban J connectivity index is 2.26. The van der Waals surface area contributed by atoms with E-state index in [0.717, 1.165) is 30.9 Å². The van der Waals surface area contributed by atoms with Crippen LogP contribution in [-0.2, 0) is 0 Å². The van der Waals surface area contributed by atoms with Crippen LogP contribution in [0.15, 0.2) is 18.2 Å². The van der Waals surface area contributed by atoms with Gasteiger partial charge in [-0.1, -0.05) is 12.1 Å². The number of nitrogens with two attached hydrogens (primary N) is 1. The van der Waals surface area contributed by atoms with Crippen LogP contribution < -0.4 is 15.8 Å². The van der Waals surface area contributed by atoms with E-state index in [1.54, 1.807) is 0 Å². The second-order valence-electron chi connectivity index (χ2n) is 3.81. The normalized spacial score (nSPS) is 18.4. The maximum atomic E-state index is 5.60. The van der Waals surface area contributed by atoms with Crippen LogP contribution in [0.25, 0.3) is 0 Å². The largest absolute Gasteiger partial charge is 0.492 e. The summed E-state index contributed by atoms with van der Waals surface area (Å²) in [7, 11) is 0. The minimum Gasteiger partial charge on any atom is -0.492 e. The van der Waals surface area contributed by atoms with E-state index in [0.29, 0.717) is 12.5 Å². The average Bonchev–Trinajstić information content (AvgIpc) is 2.64. The molecule has 1 heterocycles. The van der Waals surface area contributed by atoms with Crippen LogP contribution in [0.2, 0.25) is 0 Å². The first-order chi connectivity index (χ1) is 7.36. The van der Waals surface area contributed by atoms with E-state index in [9.17, 15) is 0 Å². The molecule has 0 aromatic heterocycles. The molecule has 1 aromatic rings. The molecule has 2 rings (SSSR count). The van der Waals surface area contributed by atoms with Crippen molar-refractivity contribution in [3.8, 4) is 5.75 Å². The summed E-state index contributed by atoms with van der Waals surface area (Å²) in [6, 6.07) is 6.23. The fourth-order valence-electron chi connectivity index (χ4n) is 2.15. The van der Waals surface area contributed by atoms with Crippen molar-refractivity contribution in [2.45, 2.75) is 19.3 Å². The van der Waals surface area contributed by atoms with Gasteiger partial charge in [-0.2, -0.15) is 0 Å². The first-order valence-electron chi connectivity index (χ1n) is 5.56. The summed E-state index contributed by atoms with van der Waals surface area (Å²) in [5.41, 5.74) is 8.12. The summed E-state index contributed by atoms with van der Waals surface area (Å²) < 4.78 is 5.58. The predicted octanol–water partition coefficient (Wildman–Crippen LogP) is 1.94. The summed E-state index contributed by atoms with van der Waals surface area (Å²) in [6.45, 7) is 4.44. The Bertz CT molecular complexity index is 338. The molecule has 3 heteroatoms. The van der Waals surface area contributed by atoms with Gasteiger partial charge in [0, 0.05) is 12.5 Å². The van der Waals surface area contributed by atoms with Gasteiger partial charge >= 0.3 is 0 Å². The van der Waals surface area contributed by atoms with Gasteiger partial charge in [0.2, 0.25) is 0 Å². The molecule has 0 saturated heterocycles. The average molecular weight is 206 g/mol. The summed E-state index contributed by atoms with van der Waals surface area (Å²) in [6.07, 6.45) is 1.04. The first kappa shape index (κ1) is 10.3. The zero-order valence-corrected chi connectivity index (χ0v) is 9.12. The molecule has 1 aromatic carbocycles. The van der Waals surface area contributed by atoms with Gasteiger partial charge in [-0.15, -0.1) is 0 Å². The Kier molecular flexibility index (Phi) is 3.11. The molecule has 1 unspecified atom stereocenters. The molecule has 15 heavy (non-hydrogen) atoms. The van der Waals surface area contributed by atoms with E-state index in [2.05, 4.69) is 17.4 Å². The maximum Gasteiger partial charge on any atom is 0.142 e. The topological polar surface area (TPSA) is 47.3 Å².